The molecule has 1 saturated heterocycles. The molecule has 0 bridgehead atoms. The summed E-state index contributed by atoms with van der Waals surface area (Å²) in [6.45, 7) is 5.03. The molecule has 0 spiro atoms. The van der Waals surface area contributed by atoms with Crippen molar-refractivity contribution in [2.24, 2.45) is 11.8 Å². The fourth-order valence-corrected chi connectivity index (χ4v) is 5.38. The summed E-state index contributed by atoms with van der Waals surface area (Å²) >= 11 is 0. The first kappa shape index (κ1) is 26.2. The SMILES string of the molecule is Cc1ccc(NC[C@@H](NC(=O)[C@@H](CC(=O)N2CCOCC2)CC2CCCCC2)c2ccccc2)cc1. The van der Waals surface area contributed by atoms with E-state index in [1.165, 1.54) is 24.8 Å². The lowest BCUT2D eigenvalue weighted by molar-refractivity contribution is -0.140. The van der Waals surface area contributed by atoms with Gasteiger partial charge in [-0.25, -0.2) is 0 Å². The van der Waals surface area contributed by atoms with Crippen molar-refractivity contribution in [3.8, 4) is 0 Å². The zero-order valence-corrected chi connectivity index (χ0v) is 21.6. The number of anilines is 1. The Bertz CT molecular complexity index is 951. The lowest BCUT2D eigenvalue weighted by atomic mass is 9.81. The molecule has 2 fully saturated rings. The van der Waals surface area contributed by atoms with Gasteiger partial charge in [-0.2, -0.15) is 0 Å². The van der Waals surface area contributed by atoms with E-state index in [4.69, 9.17) is 4.74 Å². The van der Waals surface area contributed by atoms with Gasteiger partial charge in [-0.3, -0.25) is 9.59 Å². The van der Waals surface area contributed by atoms with E-state index in [9.17, 15) is 9.59 Å². The second-order valence-electron chi connectivity index (χ2n) is 10.4. The lowest BCUT2D eigenvalue weighted by Gasteiger charge is -2.31. The maximum absolute atomic E-state index is 13.7. The molecule has 0 aromatic heterocycles. The van der Waals surface area contributed by atoms with Crippen molar-refractivity contribution in [2.75, 3.05) is 38.2 Å². The Kier molecular flexibility index (Phi) is 9.79. The minimum Gasteiger partial charge on any atom is -0.383 e. The fourth-order valence-electron chi connectivity index (χ4n) is 5.38. The van der Waals surface area contributed by atoms with Gasteiger partial charge in [0.25, 0.3) is 0 Å². The van der Waals surface area contributed by atoms with Crippen LogP contribution in [0.1, 0.15) is 62.1 Å². The Morgan fingerprint density at radius 1 is 0.972 bits per heavy atom. The van der Waals surface area contributed by atoms with Crippen LogP contribution in [-0.4, -0.2) is 49.6 Å². The molecule has 2 N–H and O–H groups in total. The summed E-state index contributed by atoms with van der Waals surface area (Å²) in [5.41, 5.74) is 3.29. The number of carbonyl (C=O) groups excluding carboxylic acids is 2. The number of morpholine rings is 1. The molecule has 1 aliphatic carbocycles. The van der Waals surface area contributed by atoms with Crippen LogP contribution < -0.4 is 10.6 Å². The highest BCUT2D eigenvalue weighted by molar-refractivity contribution is 5.86. The quantitative estimate of drug-likeness (QED) is 0.485. The lowest BCUT2D eigenvalue weighted by Crippen LogP contribution is -2.44. The molecule has 0 radical (unpaired) electrons. The zero-order valence-electron chi connectivity index (χ0n) is 21.6. The molecule has 36 heavy (non-hydrogen) atoms. The van der Waals surface area contributed by atoms with Crippen LogP contribution in [0.4, 0.5) is 5.69 Å². The third kappa shape index (κ3) is 7.82. The summed E-state index contributed by atoms with van der Waals surface area (Å²) in [5.74, 6) is 0.270. The van der Waals surface area contributed by atoms with Gasteiger partial charge in [-0.15, -0.1) is 0 Å². The molecule has 2 aromatic carbocycles. The Morgan fingerprint density at radius 3 is 2.36 bits per heavy atom. The Balaban J connectivity index is 1.46. The summed E-state index contributed by atoms with van der Waals surface area (Å²) in [6.07, 6.45) is 7.11. The second kappa shape index (κ2) is 13.4. The number of amides is 2. The summed E-state index contributed by atoms with van der Waals surface area (Å²) in [5, 5.41) is 6.80. The van der Waals surface area contributed by atoms with Gasteiger partial charge in [0, 0.05) is 37.7 Å². The van der Waals surface area contributed by atoms with Crippen molar-refractivity contribution in [3.63, 3.8) is 0 Å². The predicted octanol–water partition coefficient (Wildman–Crippen LogP) is 5.10. The molecule has 6 heteroatoms. The Hall–Kier alpha value is -2.86. The minimum atomic E-state index is -0.311. The number of ether oxygens (including phenoxy) is 1. The van der Waals surface area contributed by atoms with Crippen molar-refractivity contribution < 1.29 is 14.3 Å². The van der Waals surface area contributed by atoms with Crippen molar-refractivity contribution >= 4 is 17.5 Å². The maximum atomic E-state index is 13.7. The maximum Gasteiger partial charge on any atom is 0.224 e. The summed E-state index contributed by atoms with van der Waals surface area (Å²) in [4.78, 5) is 28.7. The molecule has 1 heterocycles. The number of hydrogen-bond donors (Lipinski definition) is 2. The van der Waals surface area contributed by atoms with Crippen molar-refractivity contribution in [2.45, 2.75) is 57.9 Å². The highest BCUT2D eigenvalue weighted by Crippen LogP contribution is 2.31. The van der Waals surface area contributed by atoms with Gasteiger partial charge in [0.05, 0.1) is 19.3 Å². The molecule has 2 aromatic rings. The normalized spacial score (nSPS) is 18.3. The number of rotatable bonds is 10. The Morgan fingerprint density at radius 2 is 1.67 bits per heavy atom. The molecule has 6 nitrogen and oxygen atoms in total. The number of benzene rings is 2. The van der Waals surface area contributed by atoms with Crippen molar-refractivity contribution in [1.29, 1.82) is 0 Å². The van der Waals surface area contributed by atoms with Crippen LogP contribution in [0.3, 0.4) is 0 Å². The van der Waals surface area contributed by atoms with E-state index in [1.54, 1.807) is 0 Å². The number of nitrogens with one attached hydrogen (secondary N) is 2. The van der Waals surface area contributed by atoms with E-state index < -0.39 is 0 Å². The van der Waals surface area contributed by atoms with Gasteiger partial charge >= 0.3 is 0 Å². The molecule has 4 rings (SSSR count). The summed E-state index contributed by atoms with van der Waals surface area (Å²) in [6, 6.07) is 18.2. The molecule has 2 aliphatic rings. The number of hydrogen-bond acceptors (Lipinski definition) is 4. The van der Waals surface area contributed by atoms with Gasteiger partial charge in [0.15, 0.2) is 0 Å². The van der Waals surface area contributed by atoms with E-state index in [-0.39, 0.29) is 30.2 Å². The largest absolute Gasteiger partial charge is 0.383 e. The molecule has 194 valence electrons. The molecular weight excluding hydrogens is 450 g/mol. The predicted molar refractivity (Wildman–Crippen MR) is 144 cm³/mol. The van der Waals surface area contributed by atoms with Crippen LogP contribution in [0.2, 0.25) is 0 Å². The topological polar surface area (TPSA) is 70.7 Å². The molecule has 0 unspecified atom stereocenters. The van der Waals surface area contributed by atoms with Gasteiger partial charge in [0.2, 0.25) is 11.8 Å². The first-order valence-electron chi connectivity index (χ1n) is 13.6. The second-order valence-corrected chi connectivity index (χ2v) is 10.4. The van der Waals surface area contributed by atoms with Gasteiger partial charge in [-0.05, 0) is 37.0 Å². The van der Waals surface area contributed by atoms with E-state index in [2.05, 4.69) is 54.0 Å². The third-order valence-corrected chi connectivity index (χ3v) is 7.58. The van der Waals surface area contributed by atoms with Gasteiger partial charge < -0.3 is 20.3 Å². The standard InChI is InChI=1S/C30H41N3O3/c1-23-12-14-27(15-13-23)31-22-28(25-10-6-3-7-11-25)32-30(35)26(20-24-8-4-2-5-9-24)21-29(34)33-16-18-36-19-17-33/h3,6-7,10-15,24,26,28,31H,2,4-5,8-9,16-22H2,1H3,(H,32,35)/t26-,28-/m1/s1. The van der Waals surface area contributed by atoms with E-state index >= 15 is 0 Å². The van der Waals surface area contributed by atoms with Crippen LogP contribution in [0.25, 0.3) is 0 Å². The van der Waals surface area contributed by atoms with E-state index in [0.29, 0.717) is 38.8 Å². The first-order valence-corrected chi connectivity index (χ1v) is 13.6. The van der Waals surface area contributed by atoms with Crippen LogP contribution in [0, 0.1) is 18.8 Å². The monoisotopic (exact) mass is 491 g/mol. The molecular formula is C30H41N3O3. The van der Waals surface area contributed by atoms with E-state index in [0.717, 1.165) is 30.5 Å². The average Bonchev–Trinajstić information content (AvgIpc) is 2.93. The summed E-state index contributed by atoms with van der Waals surface area (Å²) < 4.78 is 5.42. The summed E-state index contributed by atoms with van der Waals surface area (Å²) in [7, 11) is 0. The van der Waals surface area contributed by atoms with Crippen LogP contribution >= 0.6 is 0 Å². The highest BCUT2D eigenvalue weighted by Gasteiger charge is 2.30. The van der Waals surface area contributed by atoms with Crippen LogP contribution in [0.5, 0.6) is 0 Å². The first-order chi connectivity index (χ1) is 17.6. The van der Waals surface area contributed by atoms with E-state index in [1.807, 2.05) is 23.1 Å². The number of aryl methyl sites for hydroxylation is 1. The molecule has 2 amide bonds. The highest BCUT2D eigenvalue weighted by atomic mass is 16.5. The molecule has 2 atom stereocenters. The van der Waals surface area contributed by atoms with Crippen molar-refractivity contribution in [3.05, 3.63) is 65.7 Å². The number of carbonyl (C=O) groups is 2. The zero-order chi connectivity index (χ0) is 25.2. The van der Waals surface area contributed by atoms with Crippen LogP contribution in [0.15, 0.2) is 54.6 Å². The minimum absolute atomic E-state index is 0.0123. The molecule has 1 aliphatic heterocycles. The average molecular weight is 492 g/mol. The van der Waals surface area contributed by atoms with Gasteiger partial charge in [0.1, 0.15) is 0 Å². The van der Waals surface area contributed by atoms with Crippen LogP contribution in [-0.2, 0) is 14.3 Å². The number of nitrogens with zero attached hydrogens (tertiary/aromatic N) is 1. The fraction of sp³-hybridized carbons (Fsp3) is 0.533. The smallest absolute Gasteiger partial charge is 0.224 e. The molecule has 1 saturated carbocycles. The Labute approximate surface area is 215 Å². The third-order valence-electron chi connectivity index (χ3n) is 7.58. The van der Waals surface area contributed by atoms with Gasteiger partial charge in [-0.1, -0.05) is 80.1 Å². The van der Waals surface area contributed by atoms with Crippen molar-refractivity contribution in [1.82, 2.24) is 10.2 Å².